The van der Waals surface area contributed by atoms with Gasteiger partial charge in [-0.05, 0) is 44.5 Å². The van der Waals surface area contributed by atoms with Crippen LogP contribution in [0.15, 0.2) is 30.3 Å². The van der Waals surface area contributed by atoms with Gasteiger partial charge in [-0.3, -0.25) is 0 Å². The molecule has 5 heteroatoms. The zero-order valence-electron chi connectivity index (χ0n) is 10.1. The summed E-state index contributed by atoms with van der Waals surface area (Å²) in [5.41, 5.74) is 1.23. The highest BCUT2D eigenvalue weighted by Gasteiger charge is 2.21. The number of hydrogen-bond acceptors (Lipinski definition) is 3. The summed E-state index contributed by atoms with van der Waals surface area (Å²) < 4.78 is 2.34. The van der Waals surface area contributed by atoms with Gasteiger partial charge in [-0.2, -0.15) is 5.21 Å². The first-order chi connectivity index (χ1) is 8.09. The molecule has 0 spiro atoms. The monoisotopic (exact) mass is 248 g/mol. The number of nitrogens with zero attached hydrogens (tertiary/aromatic N) is 3. The summed E-state index contributed by atoms with van der Waals surface area (Å²) >= 11 is 5.12. The number of hydrogen-bond donors (Lipinski definition) is 1. The molecule has 90 valence electrons. The van der Waals surface area contributed by atoms with Crippen molar-refractivity contribution in [3.05, 3.63) is 40.7 Å². The molecule has 0 saturated heterocycles. The summed E-state index contributed by atoms with van der Waals surface area (Å²) in [5, 5.41) is 10.4. The van der Waals surface area contributed by atoms with E-state index in [4.69, 9.17) is 12.2 Å². The molecular formula is C12H16N4S. The van der Waals surface area contributed by atoms with Gasteiger partial charge in [0.1, 0.15) is 0 Å². The Bertz CT molecular complexity index is 527. The van der Waals surface area contributed by atoms with Crippen molar-refractivity contribution in [3.8, 4) is 0 Å². The second-order valence-corrected chi connectivity index (χ2v) is 5.08. The summed E-state index contributed by atoms with van der Waals surface area (Å²) in [5.74, 6) is 0. The van der Waals surface area contributed by atoms with Gasteiger partial charge in [0.2, 0.25) is 4.77 Å². The van der Waals surface area contributed by atoms with Gasteiger partial charge in [0.15, 0.2) is 0 Å². The third kappa shape index (κ3) is 2.79. The maximum absolute atomic E-state index is 5.12. The minimum absolute atomic E-state index is 0.101. The van der Waals surface area contributed by atoms with E-state index in [0.29, 0.717) is 4.77 Å². The molecule has 0 aliphatic carbocycles. The molecule has 0 radical (unpaired) electrons. The molecule has 0 aliphatic heterocycles. The van der Waals surface area contributed by atoms with E-state index < -0.39 is 0 Å². The van der Waals surface area contributed by atoms with Crippen LogP contribution in [0.4, 0.5) is 0 Å². The fraction of sp³-hybridized carbons (Fsp3) is 0.417. The third-order valence-corrected chi connectivity index (χ3v) is 3.21. The molecule has 0 amide bonds. The largest absolute Gasteiger partial charge is 0.238 e. The van der Waals surface area contributed by atoms with E-state index in [2.05, 4.69) is 53.6 Å². The second kappa shape index (κ2) is 4.79. The van der Waals surface area contributed by atoms with Crippen LogP contribution in [0.5, 0.6) is 0 Å². The van der Waals surface area contributed by atoms with Crippen molar-refractivity contribution in [2.45, 2.75) is 32.2 Å². The Kier molecular flexibility index (Phi) is 3.38. The quantitative estimate of drug-likeness (QED) is 0.846. The molecule has 1 aromatic heterocycles. The first kappa shape index (κ1) is 12.0. The van der Waals surface area contributed by atoms with E-state index in [1.807, 2.05) is 10.7 Å². The molecule has 17 heavy (non-hydrogen) atoms. The van der Waals surface area contributed by atoms with Crippen LogP contribution in [0.3, 0.4) is 0 Å². The Morgan fingerprint density at radius 1 is 1.29 bits per heavy atom. The fourth-order valence-electron chi connectivity index (χ4n) is 1.80. The lowest BCUT2D eigenvalue weighted by atomic mass is 9.95. The molecule has 1 aromatic carbocycles. The Morgan fingerprint density at radius 2 is 2.00 bits per heavy atom. The molecule has 1 heterocycles. The van der Waals surface area contributed by atoms with Crippen LogP contribution < -0.4 is 0 Å². The van der Waals surface area contributed by atoms with Crippen LogP contribution in [0, 0.1) is 4.77 Å². The SMILES string of the molecule is CC(C)(CCc1ccccc1)n1[nH]nnc1=S. The molecule has 2 aromatic rings. The van der Waals surface area contributed by atoms with Crippen molar-refractivity contribution in [2.24, 2.45) is 0 Å². The maximum Gasteiger partial charge on any atom is 0.238 e. The summed E-state index contributed by atoms with van der Waals surface area (Å²) in [6.45, 7) is 4.26. The van der Waals surface area contributed by atoms with Gasteiger partial charge in [0, 0.05) is 0 Å². The van der Waals surface area contributed by atoms with Crippen molar-refractivity contribution >= 4 is 12.2 Å². The highest BCUT2D eigenvalue weighted by molar-refractivity contribution is 7.71. The van der Waals surface area contributed by atoms with E-state index in [0.717, 1.165) is 12.8 Å². The van der Waals surface area contributed by atoms with E-state index in [9.17, 15) is 0 Å². The molecule has 0 atom stereocenters. The number of benzene rings is 1. The van der Waals surface area contributed by atoms with E-state index in [1.165, 1.54) is 5.56 Å². The van der Waals surface area contributed by atoms with Gasteiger partial charge in [-0.25, -0.2) is 4.68 Å². The molecule has 2 rings (SSSR count). The first-order valence-electron chi connectivity index (χ1n) is 5.64. The summed E-state index contributed by atoms with van der Waals surface area (Å²) in [4.78, 5) is 0. The summed E-state index contributed by atoms with van der Waals surface area (Å²) in [6.07, 6.45) is 1.99. The van der Waals surface area contributed by atoms with E-state index in [-0.39, 0.29) is 5.54 Å². The minimum atomic E-state index is -0.101. The van der Waals surface area contributed by atoms with Crippen LogP contribution in [-0.2, 0) is 12.0 Å². The molecule has 4 nitrogen and oxygen atoms in total. The molecule has 1 N–H and O–H groups in total. The highest BCUT2D eigenvalue weighted by Crippen LogP contribution is 2.20. The van der Waals surface area contributed by atoms with Crippen LogP contribution in [0.1, 0.15) is 25.8 Å². The lowest BCUT2D eigenvalue weighted by Gasteiger charge is -2.24. The third-order valence-electron chi connectivity index (χ3n) is 2.95. The number of aromatic nitrogens is 4. The number of rotatable bonds is 4. The van der Waals surface area contributed by atoms with Crippen LogP contribution >= 0.6 is 12.2 Å². The molecular weight excluding hydrogens is 232 g/mol. The zero-order valence-corrected chi connectivity index (χ0v) is 10.9. The predicted molar refractivity (Wildman–Crippen MR) is 69.3 cm³/mol. The van der Waals surface area contributed by atoms with Gasteiger partial charge in [0.25, 0.3) is 0 Å². The van der Waals surface area contributed by atoms with Crippen molar-refractivity contribution in [3.63, 3.8) is 0 Å². The minimum Gasteiger partial charge on any atom is -0.237 e. The number of nitrogens with one attached hydrogen (secondary N) is 1. The second-order valence-electron chi connectivity index (χ2n) is 4.72. The number of H-pyrrole nitrogens is 1. The Hall–Kier alpha value is -1.49. The van der Waals surface area contributed by atoms with Gasteiger partial charge < -0.3 is 0 Å². The fourth-order valence-corrected chi connectivity index (χ4v) is 2.13. The average molecular weight is 248 g/mol. The smallest absolute Gasteiger partial charge is 0.237 e. The summed E-state index contributed by atoms with van der Waals surface area (Å²) in [7, 11) is 0. The molecule has 0 bridgehead atoms. The van der Waals surface area contributed by atoms with Gasteiger partial charge in [-0.1, -0.05) is 40.6 Å². The molecule has 0 fully saturated rings. The van der Waals surface area contributed by atoms with Crippen LogP contribution in [-0.4, -0.2) is 20.2 Å². The van der Waals surface area contributed by atoms with Crippen LogP contribution in [0.2, 0.25) is 0 Å². The Labute approximate surface area is 106 Å². The molecule has 0 unspecified atom stereocenters. The zero-order chi connectivity index (χ0) is 12.3. The highest BCUT2D eigenvalue weighted by atomic mass is 32.1. The van der Waals surface area contributed by atoms with Crippen molar-refractivity contribution in [1.29, 1.82) is 0 Å². The van der Waals surface area contributed by atoms with Gasteiger partial charge in [0.05, 0.1) is 5.54 Å². The number of aryl methyl sites for hydroxylation is 1. The van der Waals surface area contributed by atoms with Crippen molar-refractivity contribution < 1.29 is 0 Å². The normalized spacial score (nSPS) is 11.6. The standard InChI is InChI=1S/C12H16N4S/c1-12(2,16-11(17)13-14-15-16)9-8-10-6-4-3-5-7-10/h3-7H,8-9H2,1-2H3,(H,13,15,17). The van der Waals surface area contributed by atoms with Crippen molar-refractivity contribution in [1.82, 2.24) is 20.2 Å². The van der Waals surface area contributed by atoms with Gasteiger partial charge >= 0.3 is 0 Å². The lowest BCUT2D eigenvalue weighted by molar-refractivity contribution is 0.286. The molecule has 0 aliphatic rings. The first-order valence-corrected chi connectivity index (χ1v) is 6.05. The van der Waals surface area contributed by atoms with E-state index >= 15 is 0 Å². The lowest BCUT2D eigenvalue weighted by Crippen LogP contribution is -2.28. The maximum atomic E-state index is 5.12. The predicted octanol–water partition coefficient (Wildman–Crippen LogP) is 2.70. The van der Waals surface area contributed by atoms with Crippen LogP contribution in [0.25, 0.3) is 0 Å². The van der Waals surface area contributed by atoms with E-state index in [1.54, 1.807) is 0 Å². The number of aromatic amines is 1. The molecule has 0 saturated carbocycles. The average Bonchev–Trinajstić information content (AvgIpc) is 2.75. The number of tetrazole rings is 1. The Balaban J connectivity index is 2.09. The summed E-state index contributed by atoms with van der Waals surface area (Å²) in [6, 6.07) is 10.4. The Morgan fingerprint density at radius 3 is 2.59 bits per heavy atom. The van der Waals surface area contributed by atoms with Gasteiger partial charge in [-0.15, -0.1) is 0 Å². The topological polar surface area (TPSA) is 46.5 Å². The van der Waals surface area contributed by atoms with Crippen molar-refractivity contribution in [2.75, 3.05) is 0 Å².